The minimum Gasteiger partial charge on any atom is -0.406 e. The van der Waals surface area contributed by atoms with E-state index in [0.29, 0.717) is 20.9 Å². The molecule has 1 aromatic carbocycles. The predicted octanol–water partition coefficient (Wildman–Crippen LogP) is 4.08. The van der Waals surface area contributed by atoms with E-state index in [9.17, 15) is 13.2 Å². The third-order valence-electron chi connectivity index (χ3n) is 2.03. The maximum absolute atomic E-state index is 12.2. The number of benzene rings is 1. The maximum atomic E-state index is 12.2. The van der Waals surface area contributed by atoms with Gasteiger partial charge in [-0.05, 0) is 46.8 Å². The maximum Gasteiger partial charge on any atom is 0.573 e. The monoisotopic (exact) mass is 367 g/mol. The molecule has 1 aromatic rings. The van der Waals surface area contributed by atoms with E-state index in [4.69, 9.17) is 5.26 Å². The molecule has 0 saturated carbocycles. The zero-order valence-electron chi connectivity index (χ0n) is 10.4. The number of aliphatic imine (C=N–C) groups is 1. The summed E-state index contributed by atoms with van der Waals surface area (Å²) in [4.78, 5) is 4.17. The summed E-state index contributed by atoms with van der Waals surface area (Å²) >= 11 is 4.35. The van der Waals surface area contributed by atoms with Crippen molar-refractivity contribution in [2.24, 2.45) is 4.99 Å². The van der Waals surface area contributed by atoms with Crippen LogP contribution in [0.2, 0.25) is 0 Å². The largest absolute Gasteiger partial charge is 0.573 e. The van der Waals surface area contributed by atoms with Gasteiger partial charge in [0.15, 0.2) is 11.4 Å². The summed E-state index contributed by atoms with van der Waals surface area (Å²) in [6, 6.07) is 2.39. The van der Waals surface area contributed by atoms with E-state index < -0.39 is 6.36 Å². The summed E-state index contributed by atoms with van der Waals surface area (Å²) in [5.41, 5.74) is 0.900. The highest BCUT2D eigenvalue weighted by molar-refractivity contribution is 9.10. The number of thioether (sulfide) groups is 1. The molecule has 0 heterocycles. The third-order valence-corrected chi connectivity index (χ3v) is 3.22. The first-order valence-corrected chi connectivity index (χ1v) is 7.12. The lowest BCUT2D eigenvalue weighted by molar-refractivity contribution is -0.274. The van der Waals surface area contributed by atoms with Crippen molar-refractivity contribution in [2.45, 2.75) is 13.3 Å². The fourth-order valence-corrected chi connectivity index (χ4v) is 2.27. The summed E-state index contributed by atoms with van der Waals surface area (Å²) in [5.74, 6) is -0.334. The number of nitriles is 1. The van der Waals surface area contributed by atoms with Crippen LogP contribution in [0.4, 0.5) is 18.9 Å². The van der Waals surface area contributed by atoms with E-state index in [2.05, 4.69) is 31.0 Å². The molecule has 0 spiro atoms. The number of alkyl halides is 3. The number of rotatable bonds is 2. The zero-order chi connectivity index (χ0) is 15.3. The Labute approximate surface area is 126 Å². The van der Waals surface area contributed by atoms with Crippen molar-refractivity contribution >= 4 is 38.5 Å². The number of nitrogens with one attached hydrogen (secondary N) is 1. The number of ether oxygens (including phenoxy) is 1. The number of nitrogens with zero attached hydrogens (tertiary/aromatic N) is 2. The quantitative estimate of drug-likeness (QED) is 0.370. The second kappa shape index (κ2) is 6.85. The van der Waals surface area contributed by atoms with Gasteiger partial charge in [0.2, 0.25) is 0 Å². The van der Waals surface area contributed by atoms with Gasteiger partial charge in [0.25, 0.3) is 0 Å². The van der Waals surface area contributed by atoms with E-state index in [1.165, 1.54) is 23.9 Å². The Morgan fingerprint density at radius 2 is 2.15 bits per heavy atom. The van der Waals surface area contributed by atoms with Crippen molar-refractivity contribution in [3.63, 3.8) is 0 Å². The molecular weight excluding hydrogens is 359 g/mol. The van der Waals surface area contributed by atoms with Gasteiger partial charge in [0.05, 0.1) is 5.69 Å². The number of hydrogen-bond acceptors (Lipinski definition) is 4. The molecule has 0 saturated heterocycles. The normalized spacial score (nSPS) is 11.9. The van der Waals surface area contributed by atoms with Gasteiger partial charge in [-0.3, -0.25) is 5.32 Å². The van der Waals surface area contributed by atoms with E-state index in [1.54, 1.807) is 19.4 Å². The van der Waals surface area contributed by atoms with Crippen LogP contribution in [0.3, 0.4) is 0 Å². The van der Waals surface area contributed by atoms with Crippen molar-refractivity contribution < 1.29 is 17.9 Å². The van der Waals surface area contributed by atoms with Crippen LogP contribution in [0.25, 0.3) is 0 Å². The molecule has 4 nitrogen and oxygen atoms in total. The lowest BCUT2D eigenvalue weighted by Gasteiger charge is -2.12. The Morgan fingerprint density at radius 3 is 2.60 bits per heavy atom. The van der Waals surface area contributed by atoms with Gasteiger partial charge >= 0.3 is 6.36 Å². The highest BCUT2D eigenvalue weighted by atomic mass is 79.9. The lowest BCUT2D eigenvalue weighted by Crippen LogP contribution is -2.17. The average molecular weight is 368 g/mol. The van der Waals surface area contributed by atoms with Gasteiger partial charge in [0.1, 0.15) is 5.75 Å². The molecule has 0 aliphatic heterocycles. The minimum atomic E-state index is -4.75. The molecule has 9 heteroatoms. The second-order valence-corrected chi connectivity index (χ2v) is 5.13. The van der Waals surface area contributed by atoms with Gasteiger partial charge < -0.3 is 4.74 Å². The first-order chi connectivity index (χ1) is 9.26. The highest BCUT2D eigenvalue weighted by Gasteiger charge is 2.31. The number of aryl methyl sites for hydroxylation is 1. The summed E-state index contributed by atoms with van der Waals surface area (Å²) in [6.07, 6.45) is -1.30. The lowest BCUT2D eigenvalue weighted by atomic mass is 10.2. The van der Waals surface area contributed by atoms with Crippen molar-refractivity contribution in [1.29, 1.82) is 5.26 Å². The van der Waals surface area contributed by atoms with E-state index in [0.717, 1.165) is 0 Å². The smallest absolute Gasteiger partial charge is 0.406 e. The third kappa shape index (κ3) is 4.94. The molecule has 0 unspecified atom stereocenters. The summed E-state index contributed by atoms with van der Waals surface area (Å²) in [7, 11) is 0. The summed E-state index contributed by atoms with van der Waals surface area (Å²) in [5, 5.41) is 11.3. The molecule has 0 atom stereocenters. The Balaban J connectivity index is 3.16. The molecule has 0 aliphatic rings. The van der Waals surface area contributed by atoms with E-state index in [1.807, 2.05) is 0 Å². The van der Waals surface area contributed by atoms with Crippen LogP contribution >= 0.6 is 27.7 Å². The molecule has 0 aliphatic carbocycles. The Kier molecular flexibility index (Phi) is 5.71. The van der Waals surface area contributed by atoms with Gasteiger partial charge in [-0.25, -0.2) is 4.99 Å². The van der Waals surface area contributed by atoms with E-state index in [-0.39, 0.29) is 5.75 Å². The van der Waals surface area contributed by atoms with E-state index >= 15 is 0 Å². The summed E-state index contributed by atoms with van der Waals surface area (Å²) in [6.45, 7) is 1.59. The number of amidine groups is 1. The van der Waals surface area contributed by atoms with Crippen LogP contribution in [0, 0.1) is 18.4 Å². The Hall–Kier alpha value is -1.40. The Bertz CT molecular complexity index is 546. The van der Waals surface area contributed by atoms with Gasteiger partial charge in [-0.2, -0.15) is 5.26 Å². The minimum absolute atomic E-state index is 0.334. The van der Waals surface area contributed by atoms with Gasteiger partial charge in [-0.1, -0.05) is 11.8 Å². The Morgan fingerprint density at radius 1 is 1.50 bits per heavy atom. The number of halogens is 4. The van der Waals surface area contributed by atoms with Gasteiger partial charge in [0, 0.05) is 4.47 Å². The molecule has 20 heavy (non-hydrogen) atoms. The molecule has 0 fully saturated rings. The standard InChI is InChI=1S/C11H9BrF3N3OS/c1-6-3-7(19-11(13,14)15)4-8(12)9(6)18-10(20-2)17-5-16/h3-4H,1-2H3,(H,17,18). The first-order valence-electron chi connectivity index (χ1n) is 5.10. The fourth-order valence-electron chi connectivity index (χ4n) is 1.31. The van der Waals surface area contributed by atoms with Crippen LogP contribution in [0.5, 0.6) is 5.75 Å². The molecule has 0 aromatic heterocycles. The molecular formula is C11H9BrF3N3OS. The van der Waals surface area contributed by atoms with Crippen molar-refractivity contribution in [1.82, 2.24) is 5.32 Å². The van der Waals surface area contributed by atoms with Crippen molar-refractivity contribution in [3.05, 3.63) is 22.2 Å². The first kappa shape index (κ1) is 16.7. The van der Waals surface area contributed by atoms with Crippen LogP contribution in [0.15, 0.2) is 21.6 Å². The van der Waals surface area contributed by atoms with Crippen LogP contribution in [0.1, 0.15) is 5.56 Å². The van der Waals surface area contributed by atoms with Gasteiger partial charge in [-0.15, -0.1) is 13.2 Å². The average Bonchev–Trinajstić information content (AvgIpc) is 2.30. The molecule has 108 valence electrons. The topological polar surface area (TPSA) is 57.4 Å². The highest BCUT2D eigenvalue weighted by Crippen LogP contribution is 2.35. The van der Waals surface area contributed by atoms with Crippen LogP contribution in [-0.2, 0) is 0 Å². The molecule has 0 amide bonds. The molecule has 0 radical (unpaired) electrons. The second-order valence-electron chi connectivity index (χ2n) is 3.48. The summed E-state index contributed by atoms with van der Waals surface area (Å²) < 4.78 is 40.6. The van der Waals surface area contributed by atoms with Crippen molar-refractivity contribution in [3.8, 4) is 11.9 Å². The molecule has 1 N–H and O–H groups in total. The molecule has 1 rings (SSSR count). The van der Waals surface area contributed by atoms with Crippen molar-refractivity contribution in [2.75, 3.05) is 6.26 Å². The molecule has 0 bridgehead atoms. The predicted molar refractivity (Wildman–Crippen MR) is 74.9 cm³/mol. The fraction of sp³-hybridized carbons (Fsp3) is 0.273. The number of hydrogen-bond donors (Lipinski definition) is 1. The van der Waals surface area contributed by atoms with Crippen LogP contribution in [-0.4, -0.2) is 17.8 Å². The SMILES string of the molecule is CSC(=Nc1c(C)cc(OC(F)(F)F)cc1Br)NC#N. The van der Waals surface area contributed by atoms with Crippen LogP contribution < -0.4 is 10.1 Å². The zero-order valence-corrected chi connectivity index (χ0v) is 12.8.